The number of thiol groups is 1. The van der Waals surface area contributed by atoms with Crippen molar-refractivity contribution >= 4 is 65.7 Å². The van der Waals surface area contributed by atoms with E-state index in [0.29, 0.717) is 24.9 Å². The molecule has 1 heterocycles. The maximum atomic E-state index is 11.1. The molecule has 0 aliphatic carbocycles. The van der Waals surface area contributed by atoms with Crippen LogP contribution in [0.1, 0.15) is 19.8 Å². The van der Waals surface area contributed by atoms with Gasteiger partial charge >= 0.3 is 11.9 Å². The molecule has 0 spiro atoms. The van der Waals surface area contributed by atoms with Gasteiger partial charge in [-0.3, -0.25) is 19.1 Å². The van der Waals surface area contributed by atoms with Crippen LogP contribution in [0, 0.1) is 0 Å². The number of nitrogens with one attached hydrogen (secondary N) is 1. The molecule has 17 heteroatoms. The maximum absolute atomic E-state index is 11.1. The fourth-order valence-corrected chi connectivity index (χ4v) is 1.39. The Bertz CT molecular complexity index is 552. The van der Waals surface area contributed by atoms with E-state index in [1.54, 1.807) is 7.05 Å². The van der Waals surface area contributed by atoms with Crippen molar-refractivity contribution in [1.29, 1.82) is 0 Å². The Kier molecular flexibility index (Phi) is 37.3. The summed E-state index contributed by atoms with van der Waals surface area (Å²) in [6, 6.07) is 0. The molecule has 1 saturated heterocycles. The van der Waals surface area contributed by atoms with Gasteiger partial charge in [0.15, 0.2) is 0 Å². The number of carbonyl (C=O) groups is 5. The molecule has 14 nitrogen and oxygen atoms in total. The first-order valence-corrected chi connectivity index (χ1v) is 11.0. The Balaban J connectivity index is -0.000000213. The van der Waals surface area contributed by atoms with Crippen molar-refractivity contribution in [3.05, 3.63) is 0 Å². The zero-order valence-electron chi connectivity index (χ0n) is 20.0. The summed E-state index contributed by atoms with van der Waals surface area (Å²) >= 11 is 13.1. The summed E-state index contributed by atoms with van der Waals surface area (Å²) in [6.45, 7) is 1.89. The normalized spacial score (nSPS) is 11.3. The highest BCUT2D eigenvalue weighted by Gasteiger charge is 2.32. The van der Waals surface area contributed by atoms with E-state index in [9.17, 15) is 19.2 Å². The summed E-state index contributed by atoms with van der Waals surface area (Å²) in [4.78, 5) is 56.6. The number of methoxy groups -OCH3 is 2. The lowest BCUT2D eigenvalue weighted by Crippen LogP contribution is -2.33. The first-order valence-electron chi connectivity index (χ1n) is 9.52. The molecule has 208 valence electrons. The highest BCUT2D eigenvalue weighted by Crippen LogP contribution is 2.11. The number of nitrogens with zero attached hydrogens (tertiary/aromatic N) is 1. The van der Waals surface area contributed by atoms with E-state index in [0.717, 1.165) is 6.92 Å². The molecule has 2 amide bonds. The first-order chi connectivity index (χ1) is 16.5. The Hall–Kier alpha value is -1.72. The Morgan fingerprint density at radius 2 is 1.29 bits per heavy atom. The fourth-order valence-electron chi connectivity index (χ4n) is 1.39. The lowest BCUT2D eigenvalue weighted by molar-refractivity contribution is -0.200. The van der Waals surface area contributed by atoms with Gasteiger partial charge in [0.05, 0.1) is 31.8 Å². The number of carboxylic acid groups (broad SMARTS) is 2. The Labute approximate surface area is 219 Å². The summed E-state index contributed by atoms with van der Waals surface area (Å²) in [7, 11) is 4.77. The van der Waals surface area contributed by atoms with Crippen LogP contribution in [0.2, 0.25) is 0 Å². The van der Waals surface area contributed by atoms with E-state index >= 15 is 0 Å². The quantitative estimate of drug-likeness (QED) is 0.116. The molecule has 35 heavy (non-hydrogen) atoms. The van der Waals surface area contributed by atoms with Gasteiger partial charge in [-0.05, 0) is 7.05 Å². The minimum atomic E-state index is -0.953. The SMILES string of the molecule is CC(=O)O.CNS.COCCOCC(=O)O.COCCOCC(=O)ON1C(=O)CCC1=O.ClCCl. The molecule has 0 radical (unpaired) electrons. The molecule has 1 aliphatic rings. The van der Waals surface area contributed by atoms with Gasteiger partial charge in [0, 0.05) is 34.0 Å². The van der Waals surface area contributed by atoms with E-state index in [-0.39, 0.29) is 38.0 Å². The van der Waals surface area contributed by atoms with Gasteiger partial charge in [-0.2, -0.15) is 0 Å². The number of hydroxylamine groups is 2. The van der Waals surface area contributed by atoms with Gasteiger partial charge in [-0.1, -0.05) is 12.8 Å². The van der Waals surface area contributed by atoms with E-state index < -0.39 is 29.7 Å². The molecule has 0 saturated carbocycles. The van der Waals surface area contributed by atoms with Crippen molar-refractivity contribution in [2.45, 2.75) is 19.8 Å². The van der Waals surface area contributed by atoms with Crippen molar-refractivity contribution in [1.82, 2.24) is 9.79 Å². The molecule has 3 N–H and O–H groups in total. The Morgan fingerprint density at radius 1 is 0.943 bits per heavy atom. The summed E-state index contributed by atoms with van der Waals surface area (Å²) in [5.74, 6) is -3.57. The number of halogens is 2. The minimum Gasteiger partial charge on any atom is -0.481 e. The van der Waals surface area contributed by atoms with E-state index in [1.165, 1.54) is 14.2 Å². The average molecular weight is 573 g/mol. The van der Waals surface area contributed by atoms with Crippen molar-refractivity contribution in [3.63, 3.8) is 0 Å². The molecular formula is C18H34Cl2N2O12S. The molecule has 1 rings (SSSR count). The van der Waals surface area contributed by atoms with Crippen LogP contribution in [0.3, 0.4) is 0 Å². The number of alkyl halides is 2. The molecule has 0 bridgehead atoms. The summed E-state index contributed by atoms with van der Waals surface area (Å²) < 4.78 is 21.2. The molecule has 0 aromatic carbocycles. The number of hydrogen-bond acceptors (Lipinski definition) is 12. The second kappa shape index (κ2) is 32.3. The van der Waals surface area contributed by atoms with Crippen molar-refractivity contribution < 1.29 is 58.0 Å². The summed E-state index contributed by atoms with van der Waals surface area (Å²) in [5.41, 5.74) is 0. The first kappa shape index (κ1) is 40.4. The average Bonchev–Trinajstić information content (AvgIpc) is 3.07. The lowest BCUT2D eigenvalue weighted by Gasteiger charge is -2.12. The fraction of sp³-hybridized carbons (Fsp3) is 0.722. The van der Waals surface area contributed by atoms with Crippen LogP contribution in [0.5, 0.6) is 0 Å². The number of ether oxygens (including phenoxy) is 4. The van der Waals surface area contributed by atoms with Gasteiger partial charge in [0.25, 0.3) is 17.8 Å². The number of carbonyl (C=O) groups excluding carboxylic acids is 3. The van der Waals surface area contributed by atoms with Crippen LogP contribution in [0.25, 0.3) is 0 Å². The number of aliphatic carboxylic acids is 2. The molecular weight excluding hydrogens is 539 g/mol. The monoisotopic (exact) mass is 572 g/mol. The van der Waals surface area contributed by atoms with Crippen LogP contribution in [-0.2, 0) is 47.8 Å². The van der Waals surface area contributed by atoms with E-state index in [1.807, 2.05) is 0 Å². The highest BCUT2D eigenvalue weighted by atomic mass is 35.5. The van der Waals surface area contributed by atoms with Crippen molar-refractivity contribution in [2.75, 3.05) is 66.2 Å². The lowest BCUT2D eigenvalue weighted by atomic mass is 10.4. The standard InChI is InChI=1S/C9H13NO6.C5H10O4.C2H4O2.CH2Cl2.CH5NS/c1-14-4-5-15-6-9(13)16-10-7(11)2-3-8(10)12;1-8-2-3-9-4-5(6)7;1-2(3)4;2-1-3;1-2-3/h2-6H2,1H3;2-4H2,1H3,(H,6,7);1H3,(H,3,4);1H2;2-3H,1H3. The second-order valence-corrected chi connectivity index (χ2v) is 6.63. The zero-order valence-corrected chi connectivity index (χ0v) is 22.4. The Morgan fingerprint density at radius 3 is 1.60 bits per heavy atom. The molecule has 0 aromatic rings. The third-order valence-electron chi connectivity index (χ3n) is 2.51. The van der Waals surface area contributed by atoms with Crippen LogP contribution in [0.4, 0.5) is 0 Å². The highest BCUT2D eigenvalue weighted by molar-refractivity contribution is 7.78. The van der Waals surface area contributed by atoms with Crippen LogP contribution in [0.15, 0.2) is 0 Å². The summed E-state index contributed by atoms with van der Waals surface area (Å²) in [5, 5.41) is 16.1. The van der Waals surface area contributed by atoms with Crippen LogP contribution >= 0.6 is 36.0 Å². The van der Waals surface area contributed by atoms with E-state index in [4.69, 9.17) is 47.7 Å². The smallest absolute Gasteiger partial charge is 0.358 e. The van der Waals surface area contributed by atoms with Gasteiger partial charge in [0.2, 0.25) is 0 Å². The van der Waals surface area contributed by atoms with Crippen LogP contribution < -0.4 is 4.72 Å². The molecule has 0 atom stereocenters. The molecule has 0 unspecified atom stereocenters. The predicted molar refractivity (Wildman–Crippen MR) is 128 cm³/mol. The minimum absolute atomic E-state index is 0.0800. The largest absolute Gasteiger partial charge is 0.481 e. The molecule has 1 aliphatic heterocycles. The maximum Gasteiger partial charge on any atom is 0.358 e. The molecule has 0 aromatic heterocycles. The summed E-state index contributed by atoms with van der Waals surface area (Å²) in [6.07, 6.45) is 0.160. The van der Waals surface area contributed by atoms with Gasteiger partial charge in [0.1, 0.15) is 13.2 Å². The van der Waals surface area contributed by atoms with Gasteiger partial charge in [-0.25, -0.2) is 9.59 Å². The number of rotatable bonds is 11. The number of hydrogen-bond donors (Lipinski definition) is 4. The number of imide groups is 1. The van der Waals surface area contributed by atoms with E-state index in [2.05, 4.69) is 31.8 Å². The second-order valence-electron chi connectivity index (χ2n) is 5.37. The number of amides is 2. The van der Waals surface area contributed by atoms with Gasteiger partial charge < -0.3 is 34.0 Å². The van der Waals surface area contributed by atoms with Crippen LogP contribution in [-0.4, -0.2) is 111 Å². The van der Waals surface area contributed by atoms with Gasteiger partial charge in [-0.15, -0.1) is 28.3 Å². The predicted octanol–water partition coefficient (Wildman–Crippen LogP) is 0.554. The number of carboxylic acids is 2. The third kappa shape index (κ3) is 39.8. The van der Waals surface area contributed by atoms with Crippen molar-refractivity contribution in [2.24, 2.45) is 0 Å². The third-order valence-corrected chi connectivity index (χ3v) is 2.51. The molecule has 1 fully saturated rings. The van der Waals surface area contributed by atoms with Crippen molar-refractivity contribution in [3.8, 4) is 0 Å². The zero-order chi connectivity index (χ0) is 28.1. The topological polar surface area (TPSA) is 187 Å².